The van der Waals surface area contributed by atoms with Crippen molar-refractivity contribution in [1.82, 2.24) is 5.32 Å². The fourth-order valence-electron chi connectivity index (χ4n) is 1.67. The van der Waals surface area contributed by atoms with Crippen molar-refractivity contribution >= 4 is 5.91 Å². The molecule has 0 radical (unpaired) electrons. The standard InChI is InChI=1S/C14H20N2O.ClH/c1-5-13(17)15-14(16(3,4)6-2)12-10-8-7-9-11-12;/h5,7-11,14H,1,6H2,2-4H3;1H. The van der Waals surface area contributed by atoms with Crippen LogP contribution in [0.3, 0.4) is 0 Å². The maximum Gasteiger partial charge on any atom is 0.248 e. The van der Waals surface area contributed by atoms with Crippen molar-refractivity contribution in [3.63, 3.8) is 0 Å². The Hall–Kier alpha value is -1.32. The van der Waals surface area contributed by atoms with Gasteiger partial charge in [0.05, 0.1) is 20.6 Å². The minimum atomic E-state index is -0.140. The summed E-state index contributed by atoms with van der Waals surface area (Å²) in [6.45, 7) is 6.53. The Morgan fingerprint density at radius 3 is 2.39 bits per heavy atom. The third kappa shape index (κ3) is 4.17. The van der Waals surface area contributed by atoms with Crippen molar-refractivity contribution in [2.45, 2.75) is 13.1 Å². The van der Waals surface area contributed by atoms with E-state index in [0.717, 1.165) is 12.1 Å². The summed E-state index contributed by atoms with van der Waals surface area (Å²) in [5.74, 6) is -0.140. The topological polar surface area (TPSA) is 29.1 Å². The summed E-state index contributed by atoms with van der Waals surface area (Å²) >= 11 is 0. The number of benzene rings is 1. The maximum atomic E-state index is 11.5. The molecule has 1 rings (SSSR count). The zero-order chi connectivity index (χ0) is 12.9. The molecule has 0 aliphatic heterocycles. The van der Waals surface area contributed by atoms with Crippen LogP contribution in [0.2, 0.25) is 0 Å². The summed E-state index contributed by atoms with van der Waals surface area (Å²) in [5.41, 5.74) is 1.11. The molecule has 0 heterocycles. The van der Waals surface area contributed by atoms with E-state index >= 15 is 0 Å². The third-order valence-electron chi connectivity index (χ3n) is 3.09. The van der Waals surface area contributed by atoms with Gasteiger partial charge in [0.25, 0.3) is 0 Å². The van der Waals surface area contributed by atoms with Gasteiger partial charge >= 0.3 is 0 Å². The molecule has 18 heavy (non-hydrogen) atoms. The highest BCUT2D eigenvalue weighted by molar-refractivity contribution is 5.87. The first-order valence-corrected chi connectivity index (χ1v) is 5.82. The zero-order valence-corrected chi connectivity index (χ0v) is 11.9. The molecule has 0 aromatic heterocycles. The zero-order valence-electron chi connectivity index (χ0n) is 11.2. The van der Waals surface area contributed by atoms with Gasteiger partial charge in [-0.15, -0.1) is 0 Å². The number of hydrogen-bond acceptors (Lipinski definition) is 1. The highest BCUT2D eigenvalue weighted by Crippen LogP contribution is 2.21. The van der Waals surface area contributed by atoms with Crippen LogP contribution in [-0.2, 0) is 4.79 Å². The molecule has 4 heteroatoms. The molecule has 0 saturated heterocycles. The molecule has 100 valence electrons. The summed E-state index contributed by atoms with van der Waals surface area (Å²) in [5, 5.41) is 2.99. The van der Waals surface area contributed by atoms with Crippen molar-refractivity contribution in [2.24, 2.45) is 0 Å². The predicted molar refractivity (Wildman–Crippen MR) is 70.2 cm³/mol. The Bertz CT molecular complexity index is 390. The van der Waals surface area contributed by atoms with Crippen LogP contribution < -0.4 is 17.7 Å². The number of carbonyl (C=O) groups excluding carboxylic acids is 1. The molecular weight excluding hydrogens is 248 g/mol. The van der Waals surface area contributed by atoms with E-state index in [1.165, 1.54) is 6.08 Å². The molecular formula is C14H21ClN2O. The molecule has 1 N–H and O–H groups in total. The van der Waals surface area contributed by atoms with Crippen molar-refractivity contribution < 1.29 is 21.7 Å². The van der Waals surface area contributed by atoms with Gasteiger partial charge in [0.1, 0.15) is 0 Å². The molecule has 3 nitrogen and oxygen atoms in total. The Morgan fingerprint density at radius 2 is 1.94 bits per heavy atom. The van der Waals surface area contributed by atoms with E-state index in [1.807, 2.05) is 30.3 Å². The van der Waals surface area contributed by atoms with Gasteiger partial charge in [-0.3, -0.25) is 10.1 Å². The normalized spacial score (nSPS) is 12.2. The molecule has 0 spiro atoms. The lowest BCUT2D eigenvalue weighted by Gasteiger charge is -2.37. The summed E-state index contributed by atoms with van der Waals surface area (Å²) in [7, 11) is 4.20. The van der Waals surface area contributed by atoms with Crippen molar-refractivity contribution in [1.29, 1.82) is 0 Å². The van der Waals surface area contributed by atoms with E-state index in [9.17, 15) is 4.79 Å². The molecule has 0 aliphatic rings. The fraction of sp³-hybridized carbons (Fsp3) is 0.357. The molecule has 1 unspecified atom stereocenters. The molecule has 0 bridgehead atoms. The number of amides is 1. The van der Waals surface area contributed by atoms with Crippen LogP contribution in [0.1, 0.15) is 18.7 Å². The van der Waals surface area contributed by atoms with E-state index in [-0.39, 0.29) is 24.5 Å². The number of nitrogens with one attached hydrogen (secondary N) is 1. The molecule has 1 amide bonds. The van der Waals surface area contributed by atoms with Crippen molar-refractivity contribution in [2.75, 3.05) is 20.6 Å². The molecule has 1 aromatic rings. The number of nitrogens with zero attached hydrogens (tertiary/aromatic N) is 1. The van der Waals surface area contributed by atoms with Crippen molar-refractivity contribution in [3.8, 4) is 0 Å². The lowest BCUT2D eigenvalue weighted by Crippen LogP contribution is -3.00. The van der Waals surface area contributed by atoms with E-state index < -0.39 is 0 Å². The number of rotatable bonds is 5. The lowest BCUT2D eigenvalue weighted by molar-refractivity contribution is -0.921. The number of hydrogen-bond donors (Lipinski definition) is 1. The quantitative estimate of drug-likeness (QED) is 0.418. The minimum Gasteiger partial charge on any atom is -1.00 e. The van der Waals surface area contributed by atoms with Gasteiger partial charge in [0.15, 0.2) is 6.17 Å². The van der Waals surface area contributed by atoms with Crippen LogP contribution in [0, 0.1) is 0 Å². The van der Waals surface area contributed by atoms with Crippen molar-refractivity contribution in [3.05, 3.63) is 48.6 Å². The van der Waals surface area contributed by atoms with Crippen LogP contribution in [0.15, 0.2) is 43.0 Å². The molecule has 0 saturated carbocycles. The SMILES string of the molecule is C=CC(=O)NC(c1ccccc1)[N+](C)(C)CC.[Cl-]. The summed E-state index contributed by atoms with van der Waals surface area (Å²) in [6.07, 6.45) is 1.26. The van der Waals surface area contributed by atoms with Gasteiger partial charge in [-0.25, -0.2) is 0 Å². The smallest absolute Gasteiger partial charge is 0.248 e. The van der Waals surface area contributed by atoms with Gasteiger partial charge in [-0.1, -0.05) is 36.9 Å². The second-order valence-electron chi connectivity index (χ2n) is 4.62. The van der Waals surface area contributed by atoms with Gasteiger partial charge in [-0.05, 0) is 13.0 Å². The average Bonchev–Trinajstić information content (AvgIpc) is 2.36. The lowest BCUT2D eigenvalue weighted by atomic mass is 10.1. The van der Waals surface area contributed by atoms with Crippen LogP contribution in [-0.4, -0.2) is 31.0 Å². The maximum absolute atomic E-state index is 11.5. The summed E-state index contributed by atoms with van der Waals surface area (Å²) in [4.78, 5) is 11.5. The van der Waals surface area contributed by atoms with Crippen LogP contribution in [0.4, 0.5) is 0 Å². The minimum absolute atomic E-state index is 0. The Labute approximate surface area is 115 Å². The highest BCUT2D eigenvalue weighted by Gasteiger charge is 2.28. The second-order valence-corrected chi connectivity index (χ2v) is 4.62. The fourth-order valence-corrected chi connectivity index (χ4v) is 1.67. The molecule has 0 aliphatic carbocycles. The molecule has 1 aromatic carbocycles. The number of halogens is 1. The monoisotopic (exact) mass is 268 g/mol. The first-order valence-electron chi connectivity index (χ1n) is 5.82. The Kier molecular flexibility index (Phi) is 6.66. The van der Waals surface area contributed by atoms with E-state index in [1.54, 1.807) is 0 Å². The van der Waals surface area contributed by atoms with Crippen LogP contribution in [0.25, 0.3) is 0 Å². The average molecular weight is 269 g/mol. The highest BCUT2D eigenvalue weighted by atomic mass is 35.5. The third-order valence-corrected chi connectivity index (χ3v) is 3.09. The van der Waals surface area contributed by atoms with Crippen LogP contribution in [0.5, 0.6) is 0 Å². The Morgan fingerprint density at radius 1 is 1.39 bits per heavy atom. The molecule has 1 atom stereocenters. The number of carbonyl (C=O) groups is 1. The Balaban J connectivity index is 0.00000289. The van der Waals surface area contributed by atoms with Crippen LogP contribution >= 0.6 is 0 Å². The predicted octanol–water partition coefficient (Wildman–Crippen LogP) is -0.912. The van der Waals surface area contributed by atoms with E-state index in [2.05, 4.69) is 32.9 Å². The summed E-state index contributed by atoms with van der Waals surface area (Å²) < 4.78 is 0.698. The summed E-state index contributed by atoms with van der Waals surface area (Å²) in [6, 6.07) is 10.0. The van der Waals surface area contributed by atoms with E-state index in [4.69, 9.17) is 0 Å². The van der Waals surface area contributed by atoms with Gasteiger partial charge < -0.3 is 16.9 Å². The first kappa shape index (κ1) is 16.7. The number of quaternary nitrogens is 1. The van der Waals surface area contributed by atoms with Gasteiger partial charge in [-0.2, -0.15) is 0 Å². The van der Waals surface area contributed by atoms with Gasteiger partial charge in [0, 0.05) is 5.56 Å². The van der Waals surface area contributed by atoms with Gasteiger partial charge in [0.2, 0.25) is 5.91 Å². The molecule has 0 fully saturated rings. The second kappa shape index (κ2) is 7.19. The largest absolute Gasteiger partial charge is 1.00 e. The first-order chi connectivity index (χ1) is 8.01. The van der Waals surface area contributed by atoms with E-state index in [0.29, 0.717) is 4.48 Å².